The first-order chi connectivity index (χ1) is 19.6. The van der Waals surface area contributed by atoms with Gasteiger partial charge in [-0.1, -0.05) is 84.0 Å². The molecule has 2 aromatic carbocycles. The number of benzene rings is 2. The Bertz CT molecular complexity index is 879. The van der Waals surface area contributed by atoms with Crippen LogP contribution in [-0.4, -0.2) is 26.2 Å². The van der Waals surface area contributed by atoms with Gasteiger partial charge < -0.3 is 9.47 Å². The summed E-state index contributed by atoms with van der Waals surface area (Å²) in [5.74, 6) is -0.210. The molecule has 0 aliphatic rings. The zero-order valence-corrected chi connectivity index (χ0v) is 24.0. The molecule has 0 N–H and O–H groups in total. The summed E-state index contributed by atoms with van der Waals surface area (Å²) < 4.78 is 10.2. The van der Waals surface area contributed by atoms with Gasteiger partial charge in [0.1, 0.15) is 11.5 Å². The molecule has 0 aliphatic carbocycles. The third-order valence-corrected chi connectivity index (χ3v) is 6.45. The molecule has 8 heteroatoms. The summed E-state index contributed by atoms with van der Waals surface area (Å²) in [5.41, 5.74) is 0.544. The predicted molar refractivity (Wildman–Crippen MR) is 152 cm³/mol. The number of carbonyl (C=O) groups excluding carboxylic acids is 2. The first kappa shape index (κ1) is 33.1. The van der Waals surface area contributed by atoms with Crippen LogP contribution in [0.4, 0.5) is 0 Å². The van der Waals surface area contributed by atoms with Crippen molar-refractivity contribution in [2.45, 2.75) is 89.9 Å². The van der Waals surface area contributed by atoms with Crippen molar-refractivity contribution in [1.29, 1.82) is 0 Å². The van der Waals surface area contributed by atoms with Crippen molar-refractivity contribution in [3.63, 3.8) is 0 Å². The fraction of sp³-hybridized carbons (Fsp3) is 0.500. The molecule has 40 heavy (non-hydrogen) atoms. The summed E-state index contributed by atoms with van der Waals surface area (Å²) in [6.45, 7) is 3.89. The van der Waals surface area contributed by atoms with Crippen molar-refractivity contribution in [2.75, 3.05) is 14.2 Å². The third-order valence-electron chi connectivity index (χ3n) is 6.45. The van der Waals surface area contributed by atoms with Crippen LogP contribution in [0.2, 0.25) is 0 Å². The Morgan fingerprint density at radius 2 is 0.875 bits per heavy atom. The van der Waals surface area contributed by atoms with Gasteiger partial charge in [-0.25, -0.2) is 9.59 Å². The lowest BCUT2D eigenvalue weighted by Crippen LogP contribution is -2.16. The Kier molecular flexibility index (Phi) is 17.2. The zero-order chi connectivity index (χ0) is 28.8. The molecule has 0 heterocycles. The van der Waals surface area contributed by atoms with Gasteiger partial charge in [-0.3, -0.25) is 9.78 Å². The Balaban J connectivity index is 1.73. The molecule has 220 valence electrons. The summed E-state index contributed by atoms with van der Waals surface area (Å²) in [7, 11) is 3.08. The van der Waals surface area contributed by atoms with E-state index < -0.39 is 11.9 Å². The minimum atomic E-state index is -0.715. The first-order valence-corrected chi connectivity index (χ1v) is 14.3. The second kappa shape index (κ2) is 20.8. The van der Waals surface area contributed by atoms with Gasteiger partial charge >= 0.3 is 18.2 Å². The molecule has 0 saturated carbocycles. The Morgan fingerprint density at radius 1 is 0.525 bits per heavy atom. The highest BCUT2D eigenvalue weighted by Crippen LogP contribution is 2.21. The molecule has 0 unspecified atom stereocenters. The van der Waals surface area contributed by atoms with Gasteiger partial charge in [0.15, 0.2) is 0 Å². The first-order valence-electron chi connectivity index (χ1n) is 14.3. The molecule has 2 aromatic rings. The minimum Gasteiger partial charge on any atom is -0.497 e. The standard InChI is InChI=1S/C32H44O8/c1-4-5-6-7-8-9-10-11-12-13-14-15-16-17-30(37-39-31(33)26-18-22-28(35-2)23-19-26)38-40-32(34)27-20-24-29(36-3)25-21-27/h18-25H,1,4-17H2,2-3H3. The molecule has 0 bridgehead atoms. The average Bonchev–Trinajstić information content (AvgIpc) is 3.00. The van der Waals surface area contributed by atoms with Crippen molar-refractivity contribution in [3.8, 4) is 11.5 Å². The molecule has 0 amide bonds. The number of hydrogen-bond acceptors (Lipinski definition) is 8. The van der Waals surface area contributed by atoms with Gasteiger partial charge in [-0.2, -0.15) is 0 Å². The third kappa shape index (κ3) is 13.8. The van der Waals surface area contributed by atoms with E-state index in [-0.39, 0.29) is 17.4 Å². The van der Waals surface area contributed by atoms with Crippen LogP contribution in [-0.2, 0) is 19.6 Å². The quantitative estimate of drug-likeness (QED) is 0.0812. The zero-order valence-electron chi connectivity index (χ0n) is 24.0. The molecule has 0 spiro atoms. The lowest BCUT2D eigenvalue weighted by Gasteiger charge is -2.14. The average molecular weight is 557 g/mol. The molecule has 0 atom stereocenters. The smallest absolute Gasteiger partial charge is 0.373 e. The highest BCUT2D eigenvalue weighted by atomic mass is 17.3. The molecule has 0 saturated heterocycles. The van der Waals surface area contributed by atoms with Crippen molar-refractivity contribution in [3.05, 3.63) is 72.9 Å². The second-order valence-electron chi connectivity index (χ2n) is 9.58. The summed E-state index contributed by atoms with van der Waals surface area (Å²) in [6, 6.07) is 12.8. The van der Waals surface area contributed by atoms with E-state index >= 15 is 0 Å². The van der Waals surface area contributed by atoms with Crippen LogP contribution in [0.1, 0.15) is 111 Å². The number of rotatable bonds is 22. The van der Waals surface area contributed by atoms with Crippen molar-refractivity contribution in [1.82, 2.24) is 0 Å². The predicted octanol–water partition coefficient (Wildman–Crippen LogP) is 8.37. The van der Waals surface area contributed by atoms with Crippen molar-refractivity contribution in [2.24, 2.45) is 0 Å². The van der Waals surface area contributed by atoms with Crippen LogP contribution >= 0.6 is 0 Å². The molecule has 0 aliphatic heterocycles. The highest BCUT2D eigenvalue weighted by Gasteiger charge is 2.21. The molecular weight excluding hydrogens is 512 g/mol. The van der Waals surface area contributed by atoms with E-state index in [2.05, 4.69) is 6.92 Å². The lowest BCUT2D eigenvalue weighted by atomic mass is 10.0. The maximum Gasteiger partial charge on any atom is 0.373 e. The van der Waals surface area contributed by atoms with Crippen LogP contribution in [0.5, 0.6) is 11.5 Å². The largest absolute Gasteiger partial charge is 0.497 e. The van der Waals surface area contributed by atoms with Gasteiger partial charge in [0, 0.05) is 6.42 Å². The lowest BCUT2D eigenvalue weighted by molar-refractivity contribution is -0.363. The van der Waals surface area contributed by atoms with Crippen LogP contribution in [0.25, 0.3) is 0 Å². The maximum absolute atomic E-state index is 12.4. The van der Waals surface area contributed by atoms with Crippen molar-refractivity contribution >= 4 is 11.9 Å². The van der Waals surface area contributed by atoms with Gasteiger partial charge in [0.2, 0.25) is 0 Å². The molecule has 8 nitrogen and oxygen atoms in total. The van der Waals surface area contributed by atoms with Gasteiger partial charge in [-0.05, 0) is 55.0 Å². The maximum atomic E-state index is 12.4. The van der Waals surface area contributed by atoms with Crippen molar-refractivity contribution < 1.29 is 38.6 Å². The summed E-state index contributed by atoms with van der Waals surface area (Å²) in [4.78, 5) is 45.0. The molecule has 0 fully saturated rings. The molecule has 2 radical (unpaired) electrons. The van der Waals surface area contributed by atoms with E-state index in [1.54, 1.807) is 48.5 Å². The van der Waals surface area contributed by atoms with E-state index in [1.807, 2.05) is 0 Å². The number of methoxy groups -OCH3 is 2. The van der Waals surface area contributed by atoms with E-state index in [1.165, 1.54) is 65.6 Å². The summed E-state index contributed by atoms with van der Waals surface area (Å²) >= 11 is 0. The molecule has 0 aromatic heterocycles. The fourth-order valence-electron chi connectivity index (χ4n) is 4.03. The summed E-state index contributed by atoms with van der Waals surface area (Å²) in [6.07, 6.45) is 15.4. The second-order valence-corrected chi connectivity index (χ2v) is 9.58. The van der Waals surface area contributed by atoms with E-state index in [0.717, 1.165) is 32.1 Å². The fourth-order valence-corrected chi connectivity index (χ4v) is 4.03. The Hall–Kier alpha value is -3.10. The Morgan fingerprint density at radius 3 is 1.23 bits per heavy atom. The summed E-state index contributed by atoms with van der Waals surface area (Å²) in [5, 5.41) is 0. The van der Waals surface area contributed by atoms with Gasteiger partial charge in [-0.15, -0.1) is 9.78 Å². The minimum absolute atomic E-state index is 0.109. The molecule has 2 rings (SSSR count). The SMILES string of the molecule is [CH2]CCCCCCCCCCCCCC[C](OOC(=O)c1ccc(OC)cc1)OOC(=O)c1ccc(OC)cc1. The van der Waals surface area contributed by atoms with Gasteiger partial charge in [0.25, 0.3) is 0 Å². The van der Waals surface area contributed by atoms with Crippen LogP contribution in [0.15, 0.2) is 48.5 Å². The van der Waals surface area contributed by atoms with Crippen LogP contribution < -0.4 is 9.47 Å². The van der Waals surface area contributed by atoms with E-state index in [4.69, 9.17) is 29.0 Å². The van der Waals surface area contributed by atoms with E-state index in [0.29, 0.717) is 17.9 Å². The number of carbonyl (C=O) groups is 2. The number of hydrogen-bond donors (Lipinski definition) is 0. The highest BCUT2D eigenvalue weighted by molar-refractivity contribution is 5.89. The topological polar surface area (TPSA) is 89.5 Å². The van der Waals surface area contributed by atoms with Crippen LogP contribution in [0, 0.1) is 13.2 Å². The van der Waals surface area contributed by atoms with Gasteiger partial charge in [0.05, 0.1) is 25.3 Å². The monoisotopic (exact) mass is 556 g/mol. The molecular formula is C32H44O8. The Labute approximate surface area is 239 Å². The van der Waals surface area contributed by atoms with E-state index in [9.17, 15) is 9.59 Å². The normalized spacial score (nSPS) is 10.9. The number of unbranched alkanes of at least 4 members (excludes halogenated alkanes) is 12. The number of ether oxygens (including phenoxy) is 2. The van der Waals surface area contributed by atoms with Crippen LogP contribution in [0.3, 0.4) is 0 Å².